The molecule has 0 heterocycles. The Bertz CT molecular complexity index is 875. The molecule has 0 aliphatic rings. The molecule has 0 aliphatic heterocycles. The molecule has 2 rings (SSSR count). The van der Waals surface area contributed by atoms with Gasteiger partial charge in [-0.3, -0.25) is 14.4 Å². The van der Waals surface area contributed by atoms with E-state index >= 15 is 0 Å². The third kappa shape index (κ3) is 6.77. The molecule has 2 aromatic rings. The van der Waals surface area contributed by atoms with Gasteiger partial charge >= 0.3 is 0 Å². The Balaban J connectivity index is 2.14. The maximum Gasteiger partial charge on any atom is 0.243 e. The lowest BCUT2D eigenvalue weighted by Gasteiger charge is -2.22. The summed E-state index contributed by atoms with van der Waals surface area (Å²) in [5.74, 6) is -2.12. The molecule has 0 bridgehead atoms. The molecule has 4 N–H and O–H groups in total. The van der Waals surface area contributed by atoms with Crippen molar-refractivity contribution in [1.29, 1.82) is 0 Å². The third-order valence-electron chi connectivity index (χ3n) is 4.01. The number of nitrogens with one attached hydrogen (secondary N) is 2. The van der Waals surface area contributed by atoms with Crippen molar-refractivity contribution in [2.24, 2.45) is 5.73 Å². The van der Waals surface area contributed by atoms with Crippen LogP contribution in [0.1, 0.15) is 18.1 Å². The molecule has 0 spiro atoms. The summed E-state index contributed by atoms with van der Waals surface area (Å²) in [5.41, 5.74) is 6.79. The summed E-state index contributed by atoms with van der Waals surface area (Å²) < 4.78 is 14.3. The van der Waals surface area contributed by atoms with E-state index in [-0.39, 0.29) is 12.8 Å². The van der Waals surface area contributed by atoms with Crippen LogP contribution in [0.2, 0.25) is 0 Å². The lowest BCUT2D eigenvalue weighted by molar-refractivity contribution is -0.130. The van der Waals surface area contributed by atoms with Crippen LogP contribution in [0, 0.1) is 5.82 Å². The predicted molar refractivity (Wildman–Crippen MR) is 107 cm³/mol. The van der Waals surface area contributed by atoms with Crippen molar-refractivity contribution in [2.45, 2.75) is 31.8 Å². The van der Waals surface area contributed by atoms with Gasteiger partial charge in [-0.15, -0.1) is 0 Å². The van der Waals surface area contributed by atoms with Crippen LogP contribution in [-0.4, -0.2) is 29.8 Å². The van der Waals surface area contributed by atoms with Gasteiger partial charge in [0, 0.05) is 24.2 Å². The molecular weight excluding hydrogens is 429 g/mol. The maximum atomic E-state index is 13.4. The first-order valence-electron chi connectivity index (χ1n) is 8.60. The molecule has 0 aliphatic carbocycles. The van der Waals surface area contributed by atoms with Crippen LogP contribution in [-0.2, 0) is 27.2 Å². The van der Waals surface area contributed by atoms with E-state index in [2.05, 4.69) is 26.6 Å². The smallest absolute Gasteiger partial charge is 0.243 e. The highest BCUT2D eigenvalue weighted by Crippen LogP contribution is 2.13. The monoisotopic (exact) mass is 449 g/mol. The van der Waals surface area contributed by atoms with E-state index in [9.17, 15) is 18.8 Å². The summed E-state index contributed by atoms with van der Waals surface area (Å²) in [6.07, 6.45) is 0.277. The van der Waals surface area contributed by atoms with Gasteiger partial charge in [-0.05, 0) is 35.4 Å². The van der Waals surface area contributed by atoms with Gasteiger partial charge in [0.25, 0.3) is 0 Å². The molecular formula is C20H21BrFN3O3. The molecule has 2 atom stereocenters. The molecule has 148 valence electrons. The Morgan fingerprint density at radius 2 is 1.61 bits per heavy atom. The van der Waals surface area contributed by atoms with E-state index in [0.29, 0.717) is 5.56 Å². The Morgan fingerprint density at radius 1 is 1.00 bits per heavy atom. The number of benzene rings is 2. The van der Waals surface area contributed by atoms with Crippen molar-refractivity contribution < 1.29 is 18.8 Å². The highest BCUT2D eigenvalue weighted by Gasteiger charge is 2.25. The second-order valence-electron chi connectivity index (χ2n) is 6.38. The predicted octanol–water partition coefficient (Wildman–Crippen LogP) is 1.85. The first kappa shape index (κ1) is 21.6. The zero-order chi connectivity index (χ0) is 20.7. The van der Waals surface area contributed by atoms with Crippen molar-refractivity contribution in [2.75, 3.05) is 0 Å². The third-order valence-corrected chi connectivity index (χ3v) is 4.50. The van der Waals surface area contributed by atoms with Crippen molar-refractivity contribution in [3.63, 3.8) is 0 Å². The molecule has 8 heteroatoms. The Morgan fingerprint density at radius 3 is 2.18 bits per heavy atom. The van der Waals surface area contributed by atoms with Gasteiger partial charge in [-0.1, -0.05) is 40.2 Å². The molecule has 0 saturated heterocycles. The van der Waals surface area contributed by atoms with E-state index in [0.717, 1.165) is 10.0 Å². The summed E-state index contributed by atoms with van der Waals surface area (Å²) >= 11 is 3.35. The lowest BCUT2D eigenvalue weighted by Crippen LogP contribution is -2.54. The topological polar surface area (TPSA) is 101 Å². The van der Waals surface area contributed by atoms with Crippen LogP contribution in [0.3, 0.4) is 0 Å². The van der Waals surface area contributed by atoms with Gasteiger partial charge in [0.1, 0.15) is 17.9 Å². The molecule has 0 saturated carbocycles. The number of hydrogen-bond donors (Lipinski definition) is 3. The number of carbonyl (C=O) groups excluding carboxylic acids is 3. The summed E-state index contributed by atoms with van der Waals surface area (Å²) in [5, 5.41) is 5.12. The number of nitrogens with two attached hydrogens (primary N) is 1. The van der Waals surface area contributed by atoms with Gasteiger partial charge in [-0.2, -0.15) is 0 Å². The normalized spacial score (nSPS) is 12.7. The molecule has 0 fully saturated rings. The number of primary amides is 1. The molecule has 0 aromatic heterocycles. The molecule has 2 aromatic carbocycles. The summed E-state index contributed by atoms with van der Waals surface area (Å²) in [7, 11) is 0. The number of halogens is 2. The molecule has 6 nitrogen and oxygen atoms in total. The fourth-order valence-corrected chi connectivity index (χ4v) is 3.20. The van der Waals surface area contributed by atoms with Crippen LogP contribution in [0.4, 0.5) is 4.39 Å². The van der Waals surface area contributed by atoms with Crippen LogP contribution < -0.4 is 16.4 Å². The largest absolute Gasteiger partial charge is 0.368 e. The van der Waals surface area contributed by atoms with Crippen molar-refractivity contribution >= 4 is 33.7 Å². The average Bonchev–Trinajstić information content (AvgIpc) is 2.60. The Hall–Kier alpha value is -2.74. The second-order valence-corrected chi connectivity index (χ2v) is 7.30. The standard InChI is InChI=1S/C20H21BrFN3O3/c1-12(26)24-18(11-14-5-3-7-16(22)9-14)20(28)25-17(19(23)27)10-13-4-2-6-15(21)8-13/h2-9,17-18H,10-11H2,1H3,(H2,23,27)(H,24,26)(H,25,28)/t17-,18+/m0/s1. The SMILES string of the molecule is CC(=O)N[C@H](Cc1cccc(F)c1)C(=O)N[C@@H](Cc1cccc(Br)c1)C(N)=O. The fourth-order valence-electron chi connectivity index (χ4n) is 2.75. The van der Waals surface area contributed by atoms with E-state index in [4.69, 9.17) is 5.73 Å². The minimum Gasteiger partial charge on any atom is -0.368 e. The number of rotatable bonds is 8. The van der Waals surface area contributed by atoms with Crippen LogP contribution in [0.5, 0.6) is 0 Å². The first-order chi connectivity index (χ1) is 13.2. The number of carbonyl (C=O) groups is 3. The molecule has 0 radical (unpaired) electrons. The molecule has 3 amide bonds. The molecule has 0 unspecified atom stereocenters. The fraction of sp³-hybridized carbons (Fsp3) is 0.250. The van der Waals surface area contributed by atoms with Gasteiger partial charge < -0.3 is 16.4 Å². The van der Waals surface area contributed by atoms with Crippen LogP contribution in [0.15, 0.2) is 53.0 Å². The maximum absolute atomic E-state index is 13.4. The summed E-state index contributed by atoms with van der Waals surface area (Å²) in [6.45, 7) is 1.28. The van der Waals surface area contributed by atoms with E-state index in [1.165, 1.54) is 25.1 Å². The number of amides is 3. The zero-order valence-electron chi connectivity index (χ0n) is 15.2. The first-order valence-corrected chi connectivity index (χ1v) is 9.39. The van der Waals surface area contributed by atoms with E-state index in [1.807, 2.05) is 24.3 Å². The van der Waals surface area contributed by atoms with Crippen LogP contribution >= 0.6 is 15.9 Å². The summed E-state index contributed by atoms with van der Waals surface area (Å²) in [4.78, 5) is 36.0. The minimum absolute atomic E-state index is 0.0749. The highest BCUT2D eigenvalue weighted by molar-refractivity contribution is 9.10. The summed E-state index contributed by atoms with van der Waals surface area (Å²) in [6, 6.07) is 11.1. The van der Waals surface area contributed by atoms with E-state index in [1.54, 1.807) is 6.07 Å². The van der Waals surface area contributed by atoms with Crippen molar-refractivity contribution in [3.05, 3.63) is 69.9 Å². The van der Waals surface area contributed by atoms with Gasteiger partial charge in [0.2, 0.25) is 17.7 Å². The highest BCUT2D eigenvalue weighted by atomic mass is 79.9. The Kier molecular flexibility index (Phi) is 7.69. The lowest BCUT2D eigenvalue weighted by atomic mass is 10.0. The van der Waals surface area contributed by atoms with Gasteiger partial charge in [0.05, 0.1) is 0 Å². The van der Waals surface area contributed by atoms with Crippen LogP contribution in [0.25, 0.3) is 0 Å². The van der Waals surface area contributed by atoms with Gasteiger partial charge in [-0.25, -0.2) is 4.39 Å². The second kappa shape index (κ2) is 9.98. The number of hydrogen-bond acceptors (Lipinski definition) is 3. The van der Waals surface area contributed by atoms with Crippen molar-refractivity contribution in [3.8, 4) is 0 Å². The van der Waals surface area contributed by atoms with Gasteiger partial charge in [0.15, 0.2) is 0 Å². The molecule has 28 heavy (non-hydrogen) atoms. The average molecular weight is 450 g/mol. The minimum atomic E-state index is -0.969. The van der Waals surface area contributed by atoms with E-state index < -0.39 is 35.6 Å². The zero-order valence-corrected chi connectivity index (χ0v) is 16.8. The quantitative estimate of drug-likeness (QED) is 0.572. The Labute approximate surface area is 170 Å². The van der Waals surface area contributed by atoms with Crippen molar-refractivity contribution in [1.82, 2.24) is 10.6 Å².